The molecule has 0 radical (unpaired) electrons. The van der Waals surface area contributed by atoms with Crippen LogP contribution < -0.4 is 5.32 Å². The van der Waals surface area contributed by atoms with Crippen molar-refractivity contribution in [2.75, 3.05) is 26.3 Å². The molecule has 2 nitrogen and oxygen atoms in total. The van der Waals surface area contributed by atoms with E-state index in [9.17, 15) is 0 Å². The molecule has 3 rings (SSSR count). The van der Waals surface area contributed by atoms with Gasteiger partial charge in [0.15, 0.2) is 0 Å². The maximum atomic E-state index is 5.46. The molecule has 0 aromatic heterocycles. The smallest absolute Gasteiger partial charge is 0.0598 e. The van der Waals surface area contributed by atoms with Gasteiger partial charge in [-0.3, -0.25) is 0 Å². The summed E-state index contributed by atoms with van der Waals surface area (Å²) < 4.78 is 5.46. The van der Waals surface area contributed by atoms with Gasteiger partial charge in [-0.25, -0.2) is 0 Å². The van der Waals surface area contributed by atoms with Crippen LogP contribution in [0.15, 0.2) is 42.5 Å². The fraction of sp³-hybridized carbons (Fsp3) is 0.375. The fourth-order valence-corrected chi connectivity index (χ4v) is 2.60. The van der Waals surface area contributed by atoms with E-state index in [-0.39, 0.29) is 5.41 Å². The number of likely N-dealkylation sites (N-methyl/N-ethyl adjacent to an activating group) is 1. The summed E-state index contributed by atoms with van der Waals surface area (Å²) in [6, 6.07) is 15.3. The Kier molecular flexibility index (Phi) is 3.06. The molecule has 0 atom stereocenters. The number of ether oxygens (including phenoxy) is 1. The lowest BCUT2D eigenvalue weighted by Crippen LogP contribution is -2.53. The number of nitrogens with one attached hydrogen (secondary N) is 1. The summed E-state index contributed by atoms with van der Waals surface area (Å²) in [6.07, 6.45) is 0. The van der Waals surface area contributed by atoms with E-state index in [1.54, 1.807) is 0 Å². The van der Waals surface area contributed by atoms with E-state index in [1.165, 1.54) is 16.3 Å². The third-order valence-electron chi connectivity index (χ3n) is 3.83. The molecule has 94 valence electrons. The molecule has 0 bridgehead atoms. The molecule has 1 N–H and O–H groups in total. The Morgan fingerprint density at radius 1 is 1.11 bits per heavy atom. The summed E-state index contributed by atoms with van der Waals surface area (Å²) in [5.41, 5.74) is 1.58. The molecule has 1 heterocycles. The van der Waals surface area contributed by atoms with Gasteiger partial charge in [0.1, 0.15) is 0 Å². The predicted octanol–water partition coefficient (Wildman–Crippen LogP) is 2.72. The van der Waals surface area contributed by atoms with Gasteiger partial charge in [0.25, 0.3) is 0 Å². The minimum atomic E-state index is 0.181. The molecule has 0 unspecified atom stereocenters. The molecule has 2 heteroatoms. The van der Waals surface area contributed by atoms with Gasteiger partial charge < -0.3 is 10.1 Å². The molecule has 18 heavy (non-hydrogen) atoms. The van der Waals surface area contributed by atoms with E-state index >= 15 is 0 Å². The number of hydrogen-bond donors (Lipinski definition) is 1. The molecule has 0 saturated carbocycles. The molecule has 1 aliphatic heterocycles. The third-order valence-corrected chi connectivity index (χ3v) is 3.83. The Bertz CT molecular complexity index is 546. The summed E-state index contributed by atoms with van der Waals surface area (Å²) in [5.74, 6) is 0. The fourth-order valence-electron chi connectivity index (χ4n) is 2.60. The van der Waals surface area contributed by atoms with Crippen LogP contribution in [0, 0.1) is 0 Å². The number of benzene rings is 2. The van der Waals surface area contributed by atoms with Gasteiger partial charge in [-0.05, 0) is 22.9 Å². The van der Waals surface area contributed by atoms with E-state index in [4.69, 9.17) is 4.74 Å². The second-order valence-electron chi connectivity index (χ2n) is 5.12. The van der Waals surface area contributed by atoms with Crippen molar-refractivity contribution >= 4 is 10.8 Å². The average molecular weight is 241 g/mol. The molecule has 0 spiro atoms. The lowest BCUT2D eigenvalue weighted by Gasteiger charge is -2.42. The highest BCUT2D eigenvalue weighted by molar-refractivity contribution is 5.83. The molecule has 2 aromatic carbocycles. The molecule has 2 aromatic rings. The lowest BCUT2D eigenvalue weighted by atomic mass is 9.78. The zero-order valence-electron chi connectivity index (χ0n) is 10.8. The van der Waals surface area contributed by atoms with Crippen molar-refractivity contribution < 1.29 is 4.74 Å². The normalized spacial score (nSPS) is 17.6. The van der Waals surface area contributed by atoms with Crippen LogP contribution in [0.3, 0.4) is 0 Å². The van der Waals surface area contributed by atoms with Crippen molar-refractivity contribution in [3.05, 3.63) is 48.0 Å². The Balaban J connectivity index is 1.97. The van der Waals surface area contributed by atoms with Crippen molar-refractivity contribution in [1.82, 2.24) is 5.32 Å². The standard InChI is InChI=1S/C16H19NO/c1-2-17-10-16(11-18-12-16)15-8-7-13-5-3-4-6-14(13)9-15/h3-9,17H,2,10-12H2,1H3. The first kappa shape index (κ1) is 11.7. The zero-order valence-corrected chi connectivity index (χ0v) is 10.8. The van der Waals surface area contributed by atoms with Crippen molar-refractivity contribution in [1.29, 1.82) is 0 Å². The summed E-state index contributed by atoms with van der Waals surface area (Å²) in [6.45, 7) is 5.82. The highest BCUT2D eigenvalue weighted by Gasteiger charge is 2.39. The lowest BCUT2D eigenvalue weighted by molar-refractivity contribution is -0.0587. The minimum Gasteiger partial charge on any atom is -0.379 e. The van der Waals surface area contributed by atoms with Crippen LogP contribution in [0.1, 0.15) is 12.5 Å². The Morgan fingerprint density at radius 2 is 1.89 bits per heavy atom. The summed E-state index contributed by atoms with van der Waals surface area (Å²) in [7, 11) is 0. The van der Waals surface area contributed by atoms with E-state index in [2.05, 4.69) is 54.7 Å². The largest absolute Gasteiger partial charge is 0.379 e. The number of rotatable bonds is 4. The van der Waals surface area contributed by atoms with Crippen molar-refractivity contribution in [2.24, 2.45) is 0 Å². The van der Waals surface area contributed by atoms with Crippen LogP contribution in [0.5, 0.6) is 0 Å². The topological polar surface area (TPSA) is 21.3 Å². The van der Waals surface area contributed by atoms with Crippen molar-refractivity contribution in [2.45, 2.75) is 12.3 Å². The molecular formula is C16H19NO. The second-order valence-corrected chi connectivity index (χ2v) is 5.12. The maximum absolute atomic E-state index is 5.46. The van der Waals surface area contributed by atoms with Crippen LogP contribution >= 0.6 is 0 Å². The van der Waals surface area contributed by atoms with Gasteiger partial charge in [-0.2, -0.15) is 0 Å². The highest BCUT2D eigenvalue weighted by atomic mass is 16.5. The van der Waals surface area contributed by atoms with Gasteiger partial charge in [0, 0.05) is 6.54 Å². The molecule has 0 amide bonds. The van der Waals surface area contributed by atoms with E-state index in [1.807, 2.05) is 0 Å². The van der Waals surface area contributed by atoms with Gasteiger partial charge in [-0.15, -0.1) is 0 Å². The maximum Gasteiger partial charge on any atom is 0.0598 e. The van der Waals surface area contributed by atoms with Gasteiger partial charge in [0.05, 0.1) is 18.6 Å². The third kappa shape index (κ3) is 1.92. The van der Waals surface area contributed by atoms with Crippen LogP contribution in [-0.4, -0.2) is 26.3 Å². The zero-order chi connectivity index (χ0) is 12.4. The highest BCUT2D eigenvalue weighted by Crippen LogP contribution is 2.33. The van der Waals surface area contributed by atoms with Gasteiger partial charge >= 0.3 is 0 Å². The van der Waals surface area contributed by atoms with E-state index < -0.39 is 0 Å². The number of hydrogen-bond acceptors (Lipinski definition) is 2. The Morgan fingerprint density at radius 3 is 2.56 bits per heavy atom. The van der Waals surface area contributed by atoms with Crippen LogP contribution in [0.4, 0.5) is 0 Å². The first-order chi connectivity index (χ1) is 8.84. The minimum absolute atomic E-state index is 0.181. The Hall–Kier alpha value is -1.38. The van der Waals surface area contributed by atoms with Gasteiger partial charge in [-0.1, -0.05) is 49.4 Å². The number of fused-ring (bicyclic) bond motifs is 1. The molecule has 1 fully saturated rings. The van der Waals surface area contributed by atoms with Crippen LogP contribution in [-0.2, 0) is 10.2 Å². The predicted molar refractivity (Wildman–Crippen MR) is 75.0 cm³/mol. The van der Waals surface area contributed by atoms with E-state index in [0.717, 1.165) is 26.3 Å². The van der Waals surface area contributed by atoms with Gasteiger partial charge in [0.2, 0.25) is 0 Å². The summed E-state index contributed by atoms with van der Waals surface area (Å²) >= 11 is 0. The summed E-state index contributed by atoms with van der Waals surface area (Å²) in [4.78, 5) is 0. The molecule has 0 aliphatic carbocycles. The van der Waals surface area contributed by atoms with Crippen LogP contribution in [0.2, 0.25) is 0 Å². The second kappa shape index (κ2) is 4.71. The molecular weight excluding hydrogens is 222 g/mol. The quantitative estimate of drug-likeness (QED) is 0.888. The van der Waals surface area contributed by atoms with Crippen molar-refractivity contribution in [3.63, 3.8) is 0 Å². The molecule has 1 saturated heterocycles. The first-order valence-corrected chi connectivity index (χ1v) is 6.62. The summed E-state index contributed by atoms with van der Waals surface area (Å²) in [5, 5.41) is 6.08. The van der Waals surface area contributed by atoms with Crippen LogP contribution in [0.25, 0.3) is 10.8 Å². The molecule has 1 aliphatic rings. The van der Waals surface area contributed by atoms with E-state index in [0.29, 0.717) is 0 Å². The Labute approximate surface area is 108 Å². The average Bonchev–Trinajstić information content (AvgIpc) is 2.37. The van der Waals surface area contributed by atoms with Crippen molar-refractivity contribution in [3.8, 4) is 0 Å². The first-order valence-electron chi connectivity index (χ1n) is 6.62. The SMILES string of the molecule is CCNCC1(c2ccc3ccccc3c2)COC1. The monoisotopic (exact) mass is 241 g/mol.